The first-order valence-electron chi connectivity index (χ1n) is 11.1. The number of piperazine rings is 1. The van der Waals surface area contributed by atoms with Crippen molar-refractivity contribution in [3.05, 3.63) is 54.6 Å². The van der Waals surface area contributed by atoms with Gasteiger partial charge in [0.05, 0.1) is 5.75 Å². The van der Waals surface area contributed by atoms with Crippen molar-refractivity contribution in [3.63, 3.8) is 0 Å². The smallest absolute Gasteiger partial charge is 0.267 e. The van der Waals surface area contributed by atoms with Gasteiger partial charge in [0.15, 0.2) is 22.5 Å². The summed E-state index contributed by atoms with van der Waals surface area (Å²) >= 11 is 1.37. The third kappa shape index (κ3) is 4.58. The zero-order chi connectivity index (χ0) is 23.5. The highest BCUT2D eigenvalue weighted by Crippen LogP contribution is 2.31. The standard InChI is InChI=1S/C24H25N5O4S/c1-27-22(17-7-3-2-4-8-17)25-26-24(27)34-16-21(30)28-11-13-29(14-12-28)23(31)20-15-32-18-9-5-6-10-19(18)33-20/h2-10,20H,11-16H2,1H3. The van der Waals surface area contributed by atoms with Gasteiger partial charge in [-0.05, 0) is 12.1 Å². The topological polar surface area (TPSA) is 89.8 Å². The lowest BCUT2D eigenvalue weighted by atomic mass is 10.2. The van der Waals surface area contributed by atoms with E-state index in [4.69, 9.17) is 9.47 Å². The van der Waals surface area contributed by atoms with Gasteiger partial charge in [0.2, 0.25) is 12.0 Å². The molecule has 0 saturated carbocycles. The van der Waals surface area contributed by atoms with Gasteiger partial charge in [-0.3, -0.25) is 9.59 Å². The number of amides is 2. The molecule has 9 nitrogen and oxygen atoms in total. The molecule has 5 rings (SSSR count). The molecule has 0 aliphatic carbocycles. The number of nitrogens with zero attached hydrogens (tertiary/aromatic N) is 5. The Kier molecular flexibility index (Phi) is 6.39. The molecule has 176 valence electrons. The molecule has 2 amide bonds. The summed E-state index contributed by atoms with van der Waals surface area (Å²) in [6.45, 7) is 2.11. The quantitative estimate of drug-likeness (QED) is 0.518. The zero-order valence-corrected chi connectivity index (χ0v) is 19.6. The molecule has 1 fully saturated rings. The number of aromatic nitrogens is 3. The van der Waals surface area contributed by atoms with E-state index in [0.29, 0.717) is 42.8 Å². The summed E-state index contributed by atoms with van der Waals surface area (Å²) in [5.74, 6) is 2.18. The van der Waals surface area contributed by atoms with Gasteiger partial charge < -0.3 is 23.8 Å². The fourth-order valence-corrected chi connectivity index (χ4v) is 4.83. The Morgan fingerprint density at radius 1 is 0.941 bits per heavy atom. The van der Waals surface area contributed by atoms with Gasteiger partial charge in [0.1, 0.15) is 6.61 Å². The van der Waals surface area contributed by atoms with Crippen LogP contribution in [0.2, 0.25) is 0 Å². The van der Waals surface area contributed by atoms with Crippen molar-refractivity contribution in [2.24, 2.45) is 7.05 Å². The highest BCUT2D eigenvalue weighted by molar-refractivity contribution is 7.99. The van der Waals surface area contributed by atoms with Crippen LogP contribution in [0.1, 0.15) is 0 Å². The summed E-state index contributed by atoms with van der Waals surface area (Å²) in [6, 6.07) is 17.2. The summed E-state index contributed by atoms with van der Waals surface area (Å²) in [5, 5.41) is 9.19. The number of carbonyl (C=O) groups excluding carboxylic acids is 2. The van der Waals surface area contributed by atoms with E-state index < -0.39 is 6.10 Å². The Labute approximate surface area is 201 Å². The van der Waals surface area contributed by atoms with E-state index >= 15 is 0 Å². The number of ether oxygens (including phenoxy) is 2. The summed E-state index contributed by atoms with van der Waals surface area (Å²) in [6.07, 6.45) is -0.664. The Morgan fingerprint density at radius 3 is 2.38 bits per heavy atom. The largest absolute Gasteiger partial charge is 0.485 e. The minimum Gasteiger partial charge on any atom is -0.485 e. The van der Waals surface area contributed by atoms with Crippen LogP contribution in [0.25, 0.3) is 11.4 Å². The summed E-state index contributed by atoms with van der Waals surface area (Å²) in [4.78, 5) is 29.2. The fourth-order valence-electron chi connectivity index (χ4n) is 4.02. The molecule has 2 aromatic carbocycles. The second-order valence-electron chi connectivity index (χ2n) is 8.09. The molecule has 2 aliphatic rings. The molecule has 0 N–H and O–H groups in total. The number of benzene rings is 2. The van der Waals surface area contributed by atoms with Crippen LogP contribution >= 0.6 is 11.8 Å². The lowest BCUT2D eigenvalue weighted by molar-refractivity contribution is -0.145. The maximum absolute atomic E-state index is 12.9. The minimum atomic E-state index is -0.664. The van der Waals surface area contributed by atoms with Crippen LogP contribution in [0.15, 0.2) is 59.8 Å². The van der Waals surface area contributed by atoms with E-state index in [1.54, 1.807) is 15.9 Å². The van der Waals surface area contributed by atoms with Crippen LogP contribution in [0.5, 0.6) is 11.5 Å². The average molecular weight is 480 g/mol. The molecule has 3 heterocycles. The van der Waals surface area contributed by atoms with E-state index in [2.05, 4.69) is 10.2 Å². The van der Waals surface area contributed by atoms with Crippen LogP contribution < -0.4 is 9.47 Å². The molecule has 10 heteroatoms. The Hall–Kier alpha value is -3.53. The number of carbonyl (C=O) groups is 2. The number of hydrogen-bond acceptors (Lipinski definition) is 7. The van der Waals surface area contributed by atoms with Crippen LogP contribution in [0, 0.1) is 0 Å². The number of para-hydroxylation sites is 2. The highest BCUT2D eigenvalue weighted by atomic mass is 32.2. The zero-order valence-electron chi connectivity index (χ0n) is 18.8. The molecular formula is C24H25N5O4S. The van der Waals surface area contributed by atoms with Crippen LogP contribution in [-0.2, 0) is 16.6 Å². The van der Waals surface area contributed by atoms with Gasteiger partial charge in [-0.2, -0.15) is 0 Å². The molecule has 0 bridgehead atoms. The molecule has 34 heavy (non-hydrogen) atoms. The Bertz CT molecular complexity index is 1180. The monoisotopic (exact) mass is 479 g/mol. The molecular weight excluding hydrogens is 454 g/mol. The lowest BCUT2D eigenvalue weighted by Gasteiger charge is -2.37. The third-order valence-corrected chi connectivity index (χ3v) is 6.92. The number of thioether (sulfide) groups is 1. The number of hydrogen-bond donors (Lipinski definition) is 0. The van der Waals surface area contributed by atoms with E-state index in [1.165, 1.54) is 11.8 Å². The van der Waals surface area contributed by atoms with Gasteiger partial charge in [0, 0.05) is 38.8 Å². The summed E-state index contributed by atoms with van der Waals surface area (Å²) in [7, 11) is 1.90. The highest BCUT2D eigenvalue weighted by Gasteiger charge is 2.33. The molecule has 0 spiro atoms. The molecule has 1 atom stereocenters. The van der Waals surface area contributed by atoms with Gasteiger partial charge >= 0.3 is 0 Å². The second kappa shape index (κ2) is 9.76. The van der Waals surface area contributed by atoms with E-state index in [1.807, 2.05) is 60.1 Å². The maximum atomic E-state index is 12.9. The number of fused-ring (bicyclic) bond motifs is 1. The van der Waals surface area contributed by atoms with Gasteiger partial charge in [-0.1, -0.05) is 54.2 Å². The van der Waals surface area contributed by atoms with Crippen LogP contribution in [0.3, 0.4) is 0 Å². The first-order chi connectivity index (χ1) is 16.6. The lowest BCUT2D eigenvalue weighted by Crippen LogP contribution is -2.55. The Balaban J connectivity index is 1.11. The normalized spacial score (nSPS) is 17.5. The number of rotatable bonds is 5. The van der Waals surface area contributed by atoms with Crippen molar-refractivity contribution in [3.8, 4) is 22.9 Å². The summed E-state index contributed by atoms with van der Waals surface area (Å²) in [5.41, 5.74) is 0.979. The predicted octanol–water partition coefficient (Wildman–Crippen LogP) is 2.08. The summed E-state index contributed by atoms with van der Waals surface area (Å²) < 4.78 is 13.4. The maximum Gasteiger partial charge on any atom is 0.267 e. The Morgan fingerprint density at radius 2 is 1.62 bits per heavy atom. The van der Waals surface area contributed by atoms with Crippen molar-refractivity contribution >= 4 is 23.6 Å². The van der Waals surface area contributed by atoms with Crippen LogP contribution in [0.4, 0.5) is 0 Å². The molecule has 3 aromatic rings. The minimum absolute atomic E-state index is 0.0209. The average Bonchev–Trinajstić information content (AvgIpc) is 3.27. The van der Waals surface area contributed by atoms with Gasteiger partial charge in [-0.25, -0.2) is 0 Å². The van der Waals surface area contributed by atoms with Gasteiger partial charge in [-0.15, -0.1) is 10.2 Å². The second-order valence-corrected chi connectivity index (χ2v) is 9.03. The van der Waals surface area contributed by atoms with E-state index in [9.17, 15) is 9.59 Å². The fraction of sp³-hybridized carbons (Fsp3) is 0.333. The molecule has 1 saturated heterocycles. The van der Waals surface area contributed by atoms with Crippen molar-refractivity contribution in [1.82, 2.24) is 24.6 Å². The molecule has 2 aliphatic heterocycles. The van der Waals surface area contributed by atoms with Crippen molar-refractivity contribution in [2.45, 2.75) is 11.3 Å². The third-order valence-electron chi connectivity index (χ3n) is 5.92. The molecule has 1 aromatic heterocycles. The molecule has 1 unspecified atom stereocenters. The van der Waals surface area contributed by atoms with Crippen molar-refractivity contribution in [2.75, 3.05) is 38.5 Å². The predicted molar refractivity (Wildman–Crippen MR) is 127 cm³/mol. The van der Waals surface area contributed by atoms with Crippen LogP contribution in [-0.4, -0.2) is 81.0 Å². The van der Waals surface area contributed by atoms with Crippen molar-refractivity contribution < 1.29 is 19.1 Å². The van der Waals surface area contributed by atoms with Gasteiger partial charge in [0.25, 0.3) is 5.91 Å². The SMILES string of the molecule is Cn1c(SCC(=O)N2CCN(C(=O)C3COc4ccccc4O3)CC2)nnc1-c1ccccc1. The first kappa shape index (κ1) is 22.3. The van der Waals surface area contributed by atoms with E-state index in [-0.39, 0.29) is 24.2 Å². The molecule has 0 radical (unpaired) electrons. The van der Waals surface area contributed by atoms with E-state index in [0.717, 1.165) is 11.4 Å². The van der Waals surface area contributed by atoms with Crippen molar-refractivity contribution in [1.29, 1.82) is 0 Å². The first-order valence-corrected chi connectivity index (χ1v) is 12.1.